The summed E-state index contributed by atoms with van der Waals surface area (Å²) in [6, 6.07) is 5.60. The minimum atomic E-state index is -4.17. The van der Waals surface area contributed by atoms with Gasteiger partial charge in [0.25, 0.3) is 5.91 Å². The lowest BCUT2D eigenvalue weighted by Crippen LogP contribution is -2.50. The van der Waals surface area contributed by atoms with Gasteiger partial charge < -0.3 is 15.0 Å². The summed E-state index contributed by atoms with van der Waals surface area (Å²) in [5, 5.41) is 17.4. The lowest BCUT2D eigenvalue weighted by molar-refractivity contribution is -0.136. The zero-order chi connectivity index (χ0) is 23.1. The van der Waals surface area contributed by atoms with E-state index in [0.29, 0.717) is 23.6 Å². The highest BCUT2D eigenvalue weighted by Crippen LogP contribution is 2.47. The Kier molecular flexibility index (Phi) is 5.49. The van der Waals surface area contributed by atoms with Gasteiger partial charge in [0.15, 0.2) is 0 Å². The van der Waals surface area contributed by atoms with Gasteiger partial charge in [-0.15, -0.1) is 10.2 Å². The minimum absolute atomic E-state index is 0.0100. The van der Waals surface area contributed by atoms with Crippen molar-refractivity contribution >= 4 is 11.5 Å². The number of hydrogen-bond acceptors (Lipinski definition) is 6. The van der Waals surface area contributed by atoms with Crippen molar-refractivity contribution < 1.29 is 22.7 Å². The molecule has 3 heterocycles. The molecule has 1 amide bonds. The number of halogens is 3. The molecule has 2 N–H and O–H groups in total. The van der Waals surface area contributed by atoms with E-state index in [0.717, 1.165) is 55.6 Å². The number of nitrogens with zero attached hydrogens (tertiary/aromatic N) is 4. The maximum atomic E-state index is 13.3. The quantitative estimate of drug-likeness (QED) is 0.641. The molecular formula is C22H25F3N6O2. The second-order valence-corrected chi connectivity index (χ2v) is 8.85. The summed E-state index contributed by atoms with van der Waals surface area (Å²) < 4.78 is 42.6. The SMILES string of the molecule is O=C1N[C@@]2(CCc3cc(OCCCC(F)(F)F)ccc32)CC(N2CCCC2)=C1c1nn[nH]n1. The van der Waals surface area contributed by atoms with E-state index < -0.39 is 18.1 Å². The molecule has 5 rings (SSSR count). The number of benzene rings is 1. The van der Waals surface area contributed by atoms with Gasteiger partial charge in [-0.05, 0) is 60.6 Å². The molecule has 3 aliphatic rings. The molecule has 0 saturated carbocycles. The van der Waals surface area contributed by atoms with Gasteiger partial charge >= 0.3 is 6.18 Å². The Morgan fingerprint density at radius 1 is 1.21 bits per heavy atom. The number of aryl methyl sites for hydroxylation is 1. The van der Waals surface area contributed by atoms with Crippen LogP contribution in [0.5, 0.6) is 5.75 Å². The first kappa shape index (κ1) is 21.7. The topological polar surface area (TPSA) is 96.0 Å². The summed E-state index contributed by atoms with van der Waals surface area (Å²) in [6.45, 7) is 1.78. The monoisotopic (exact) mass is 462 g/mol. The number of amides is 1. The van der Waals surface area contributed by atoms with E-state index in [2.05, 4.69) is 30.8 Å². The molecular weight excluding hydrogens is 437 g/mol. The molecule has 1 aliphatic carbocycles. The van der Waals surface area contributed by atoms with E-state index in [-0.39, 0.29) is 18.9 Å². The highest BCUT2D eigenvalue weighted by Gasteiger charge is 2.47. The van der Waals surface area contributed by atoms with Crippen LogP contribution in [0.15, 0.2) is 23.9 Å². The number of rotatable bonds is 6. The number of likely N-dealkylation sites (tertiary alicyclic amines) is 1. The van der Waals surface area contributed by atoms with Gasteiger partial charge in [0.1, 0.15) is 11.3 Å². The van der Waals surface area contributed by atoms with Crippen LogP contribution in [0.2, 0.25) is 0 Å². The molecule has 1 fully saturated rings. The maximum absolute atomic E-state index is 13.3. The van der Waals surface area contributed by atoms with E-state index in [1.165, 1.54) is 0 Å². The Bertz CT molecular complexity index is 1060. The summed E-state index contributed by atoms with van der Waals surface area (Å²) in [4.78, 5) is 15.6. The fourth-order valence-corrected chi connectivity index (χ4v) is 5.18. The normalized spacial score (nSPS) is 22.8. The summed E-state index contributed by atoms with van der Waals surface area (Å²) in [5.74, 6) is 0.632. The van der Waals surface area contributed by atoms with Gasteiger partial charge in [-0.2, -0.15) is 18.4 Å². The molecule has 176 valence electrons. The fraction of sp³-hybridized carbons (Fsp3) is 0.545. The standard InChI is InChI=1S/C22H25F3N6O2/c23-22(24,25)7-3-11-33-15-4-5-16-14(12-15)6-8-21(16)13-17(31-9-1-2-10-31)18(20(32)26-21)19-27-29-30-28-19/h4-5,12H,1-3,6-11,13H2,(H,26,32)(H,27,28,29,30)/t21-/m0/s1. The van der Waals surface area contributed by atoms with Crippen LogP contribution in [0.4, 0.5) is 13.2 Å². The van der Waals surface area contributed by atoms with Crippen LogP contribution in [0.1, 0.15) is 55.5 Å². The molecule has 1 saturated heterocycles. The van der Waals surface area contributed by atoms with E-state index in [9.17, 15) is 18.0 Å². The number of tetrazole rings is 1. The molecule has 2 aromatic rings. The number of ether oxygens (including phenoxy) is 1. The van der Waals surface area contributed by atoms with Gasteiger partial charge in [-0.3, -0.25) is 4.79 Å². The van der Waals surface area contributed by atoms with Crippen molar-refractivity contribution in [3.63, 3.8) is 0 Å². The van der Waals surface area contributed by atoms with E-state index in [1.54, 1.807) is 6.07 Å². The Hall–Kier alpha value is -3.11. The zero-order valence-electron chi connectivity index (χ0n) is 18.0. The van der Waals surface area contributed by atoms with Crippen molar-refractivity contribution in [3.05, 3.63) is 40.8 Å². The van der Waals surface area contributed by atoms with Gasteiger partial charge in [-0.25, -0.2) is 0 Å². The van der Waals surface area contributed by atoms with Crippen molar-refractivity contribution in [2.75, 3.05) is 19.7 Å². The van der Waals surface area contributed by atoms with Crippen LogP contribution in [0.25, 0.3) is 5.57 Å². The number of alkyl halides is 3. The lowest BCUT2D eigenvalue weighted by Gasteiger charge is -2.40. The molecule has 1 aromatic heterocycles. The number of nitrogens with one attached hydrogen (secondary N) is 2. The first-order chi connectivity index (χ1) is 15.8. The van der Waals surface area contributed by atoms with Crippen LogP contribution in [0, 0.1) is 0 Å². The Balaban J connectivity index is 1.39. The van der Waals surface area contributed by atoms with Crippen molar-refractivity contribution in [1.82, 2.24) is 30.8 Å². The van der Waals surface area contributed by atoms with Gasteiger partial charge in [0.2, 0.25) is 5.82 Å². The third kappa shape index (κ3) is 4.28. The average molecular weight is 462 g/mol. The van der Waals surface area contributed by atoms with Gasteiger partial charge in [-0.1, -0.05) is 6.07 Å². The number of hydrogen-bond donors (Lipinski definition) is 2. The van der Waals surface area contributed by atoms with Crippen molar-refractivity contribution in [1.29, 1.82) is 0 Å². The van der Waals surface area contributed by atoms with Crippen LogP contribution >= 0.6 is 0 Å². The predicted molar refractivity (Wildman–Crippen MR) is 112 cm³/mol. The van der Waals surface area contributed by atoms with Crippen LogP contribution < -0.4 is 10.1 Å². The number of H-pyrrole nitrogens is 1. The molecule has 11 heteroatoms. The first-order valence-electron chi connectivity index (χ1n) is 11.2. The van der Waals surface area contributed by atoms with E-state index in [4.69, 9.17) is 4.74 Å². The molecule has 8 nitrogen and oxygen atoms in total. The second-order valence-electron chi connectivity index (χ2n) is 8.85. The van der Waals surface area contributed by atoms with Crippen molar-refractivity contribution in [2.24, 2.45) is 0 Å². The number of aromatic amines is 1. The number of fused-ring (bicyclic) bond motifs is 2. The molecule has 1 atom stereocenters. The minimum Gasteiger partial charge on any atom is -0.494 e. The Morgan fingerprint density at radius 3 is 2.76 bits per heavy atom. The molecule has 1 spiro atoms. The van der Waals surface area contributed by atoms with Crippen LogP contribution in [0.3, 0.4) is 0 Å². The maximum Gasteiger partial charge on any atom is 0.389 e. The van der Waals surface area contributed by atoms with E-state index in [1.807, 2.05) is 12.1 Å². The largest absolute Gasteiger partial charge is 0.494 e. The number of carbonyl (C=O) groups excluding carboxylic acids is 1. The van der Waals surface area contributed by atoms with Crippen LogP contribution in [-0.2, 0) is 16.8 Å². The summed E-state index contributed by atoms with van der Waals surface area (Å²) >= 11 is 0. The predicted octanol–water partition coefficient (Wildman–Crippen LogP) is 3.09. The summed E-state index contributed by atoms with van der Waals surface area (Å²) in [6.07, 6.45) is -0.852. The molecule has 1 aromatic carbocycles. The number of aromatic nitrogens is 4. The summed E-state index contributed by atoms with van der Waals surface area (Å²) in [7, 11) is 0. The third-order valence-electron chi connectivity index (χ3n) is 6.68. The highest BCUT2D eigenvalue weighted by atomic mass is 19.4. The fourth-order valence-electron chi connectivity index (χ4n) is 5.18. The second kappa shape index (κ2) is 8.35. The molecule has 0 radical (unpaired) electrons. The van der Waals surface area contributed by atoms with Gasteiger partial charge in [0.05, 0.1) is 12.1 Å². The summed E-state index contributed by atoms with van der Waals surface area (Å²) in [5.41, 5.74) is 2.95. The van der Waals surface area contributed by atoms with Crippen molar-refractivity contribution in [2.45, 2.75) is 56.7 Å². The molecule has 0 unspecified atom stereocenters. The van der Waals surface area contributed by atoms with Crippen LogP contribution in [-0.4, -0.2) is 57.3 Å². The molecule has 2 aliphatic heterocycles. The lowest BCUT2D eigenvalue weighted by atomic mass is 9.82. The number of carbonyl (C=O) groups is 1. The Morgan fingerprint density at radius 2 is 2.03 bits per heavy atom. The molecule has 0 bridgehead atoms. The van der Waals surface area contributed by atoms with Crippen molar-refractivity contribution in [3.8, 4) is 5.75 Å². The van der Waals surface area contributed by atoms with E-state index >= 15 is 0 Å². The highest BCUT2D eigenvalue weighted by molar-refractivity contribution is 6.20. The third-order valence-corrected chi connectivity index (χ3v) is 6.68. The molecule has 33 heavy (non-hydrogen) atoms. The smallest absolute Gasteiger partial charge is 0.389 e. The average Bonchev–Trinajstić information content (AvgIpc) is 3.53. The van der Waals surface area contributed by atoms with Gasteiger partial charge in [0, 0.05) is 31.6 Å². The zero-order valence-corrected chi connectivity index (χ0v) is 18.0. The Labute approximate surface area is 188 Å². The first-order valence-corrected chi connectivity index (χ1v) is 11.2.